The van der Waals surface area contributed by atoms with E-state index in [1.807, 2.05) is 0 Å². The first-order valence-electron chi connectivity index (χ1n) is 7.30. The maximum atomic E-state index is 12.7. The summed E-state index contributed by atoms with van der Waals surface area (Å²) < 4.78 is 28.8. The molecule has 0 amide bonds. The minimum Gasteiger partial charge on any atom is -0.315 e. The van der Waals surface area contributed by atoms with E-state index in [1.165, 1.54) is 0 Å². The maximum absolute atomic E-state index is 12.7. The topological polar surface area (TPSA) is 52.7 Å². The molecule has 0 spiro atoms. The van der Waals surface area contributed by atoms with Crippen molar-refractivity contribution in [2.45, 2.75) is 34.1 Å². The van der Waals surface area contributed by atoms with E-state index in [1.54, 1.807) is 8.61 Å². The molecule has 1 heterocycles. The van der Waals surface area contributed by atoms with Crippen molar-refractivity contribution < 1.29 is 8.42 Å². The quantitative estimate of drug-likeness (QED) is 0.798. The molecule has 1 rings (SSSR count). The molecule has 1 fully saturated rings. The molecule has 0 aromatic carbocycles. The molecule has 0 unspecified atom stereocenters. The van der Waals surface area contributed by atoms with Gasteiger partial charge in [0.25, 0.3) is 10.2 Å². The molecule has 19 heavy (non-hydrogen) atoms. The van der Waals surface area contributed by atoms with Gasteiger partial charge in [0.2, 0.25) is 0 Å². The van der Waals surface area contributed by atoms with Crippen molar-refractivity contribution in [3.05, 3.63) is 0 Å². The van der Waals surface area contributed by atoms with Crippen molar-refractivity contribution in [2.75, 3.05) is 39.3 Å². The normalized spacial score (nSPS) is 19.3. The Hall–Kier alpha value is -0.170. The van der Waals surface area contributed by atoms with Crippen LogP contribution in [0.15, 0.2) is 0 Å². The van der Waals surface area contributed by atoms with E-state index >= 15 is 0 Å². The van der Waals surface area contributed by atoms with Crippen LogP contribution in [0, 0.1) is 11.8 Å². The molecule has 1 aliphatic rings. The van der Waals surface area contributed by atoms with Crippen molar-refractivity contribution in [3.63, 3.8) is 0 Å². The van der Waals surface area contributed by atoms with E-state index in [4.69, 9.17) is 0 Å². The highest BCUT2D eigenvalue weighted by Gasteiger charge is 2.30. The molecule has 0 bridgehead atoms. The molecule has 1 aliphatic heterocycles. The molecule has 0 aromatic rings. The number of hydrogen-bond donors (Lipinski definition) is 1. The summed E-state index contributed by atoms with van der Waals surface area (Å²) >= 11 is 0. The second-order valence-electron chi connectivity index (χ2n) is 6.12. The Balaban J connectivity index is 2.83. The predicted octanol–water partition coefficient (Wildman–Crippen LogP) is 1.14. The van der Waals surface area contributed by atoms with Gasteiger partial charge in [-0.25, -0.2) is 0 Å². The summed E-state index contributed by atoms with van der Waals surface area (Å²) in [5.74, 6) is 0.692. The second-order valence-corrected chi connectivity index (χ2v) is 8.04. The lowest BCUT2D eigenvalue weighted by molar-refractivity contribution is 0.298. The van der Waals surface area contributed by atoms with Crippen molar-refractivity contribution >= 4 is 10.2 Å². The smallest absolute Gasteiger partial charge is 0.282 e. The highest BCUT2D eigenvalue weighted by atomic mass is 32.2. The third-order valence-corrected chi connectivity index (χ3v) is 5.06. The Morgan fingerprint density at radius 3 is 2.16 bits per heavy atom. The molecule has 0 aliphatic carbocycles. The first-order chi connectivity index (χ1) is 8.84. The summed E-state index contributed by atoms with van der Waals surface area (Å²) in [6.07, 6.45) is 0.885. The van der Waals surface area contributed by atoms with E-state index in [2.05, 4.69) is 33.0 Å². The average Bonchev–Trinajstić information content (AvgIpc) is 2.55. The fourth-order valence-corrected chi connectivity index (χ4v) is 4.27. The highest BCUT2D eigenvalue weighted by molar-refractivity contribution is 7.86. The standard InChI is InChI=1S/C13H29N3O2S/c1-12(2)10-16(11-13(3)4)19(17,18)15-8-5-6-14-7-9-15/h12-14H,5-11H2,1-4H3. The van der Waals surface area contributed by atoms with Crippen LogP contribution >= 0.6 is 0 Å². The minimum absolute atomic E-state index is 0.346. The van der Waals surface area contributed by atoms with E-state index in [0.717, 1.165) is 19.5 Å². The van der Waals surface area contributed by atoms with Gasteiger partial charge in [-0.2, -0.15) is 17.0 Å². The van der Waals surface area contributed by atoms with Crippen LogP contribution in [-0.4, -0.2) is 56.3 Å². The minimum atomic E-state index is -3.31. The predicted molar refractivity (Wildman–Crippen MR) is 79.2 cm³/mol. The van der Waals surface area contributed by atoms with Gasteiger partial charge in [-0.15, -0.1) is 0 Å². The summed E-state index contributed by atoms with van der Waals surface area (Å²) in [6.45, 7) is 12.3. The van der Waals surface area contributed by atoms with Crippen LogP contribution in [0.25, 0.3) is 0 Å². The van der Waals surface area contributed by atoms with Crippen LogP contribution in [0.2, 0.25) is 0 Å². The van der Waals surface area contributed by atoms with Crippen LogP contribution < -0.4 is 5.32 Å². The average molecular weight is 291 g/mol. The maximum Gasteiger partial charge on any atom is 0.282 e. The molecule has 0 radical (unpaired) electrons. The summed E-state index contributed by atoms with van der Waals surface area (Å²) in [4.78, 5) is 0. The lowest BCUT2D eigenvalue weighted by Crippen LogP contribution is -2.47. The molecule has 114 valence electrons. The van der Waals surface area contributed by atoms with Gasteiger partial charge in [-0.05, 0) is 24.8 Å². The van der Waals surface area contributed by atoms with Crippen LogP contribution in [0.1, 0.15) is 34.1 Å². The molecular weight excluding hydrogens is 262 g/mol. The van der Waals surface area contributed by atoms with Crippen LogP contribution in [-0.2, 0) is 10.2 Å². The zero-order chi connectivity index (χ0) is 14.5. The van der Waals surface area contributed by atoms with Gasteiger partial charge in [0.15, 0.2) is 0 Å². The third kappa shape index (κ3) is 5.38. The van der Waals surface area contributed by atoms with Crippen molar-refractivity contribution in [1.29, 1.82) is 0 Å². The molecular formula is C13H29N3O2S. The van der Waals surface area contributed by atoms with Gasteiger partial charge < -0.3 is 5.32 Å². The fourth-order valence-electron chi connectivity index (χ4n) is 2.29. The lowest BCUT2D eigenvalue weighted by Gasteiger charge is -2.31. The zero-order valence-corrected chi connectivity index (χ0v) is 13.5. The first-order valence-corrected chi connectivity index (χ1v) is 8.69. The Kier molecular flexibility index (Phi) is 6.73. The molecule has 0 aromatic heterocycles. The van der Waals surface area contributed by atoms with Gasteiger partial charge in [0, 0.05) is 32.7 Å². The lowest BCUT2D eigenvalue weighted by atomic mass is 10.2. The summed E-state index contributed by atoms with van der Waals surface area (Å²) in [5.41, 5.74) is 0. The molecule has 0 atom stereocenters. The largest absolute Gasteiger partial charge is 0.315 e. The van der Waals surface area contributed by atoms with E-state index in [0.29, 0.717) is 38.0 Å². The Morgan fingerprint density at radius 2 is 1.63 bits per heavy atom. The van der Waals surface area contributed by atoms with Gasteiger partial charge in [0.05, 0.1) is 0 Å². The number of rotatable bonds is 6. The van der Waals surface area contributed by atoms with E-state index < -0.39 is 10.2 Å². The van der Waals surface area contributed by atoms with Gasteiger partial charge >= 0.3 is 0 Å². The van der Waals surface area contributed by atoms with Gasteiger partial charge in [-0.3, -0.25) is 0 Å². The molecule has 1 N–H and O–H groups in total. The van der Waals surface area contributed by atoms with Crippen LogP contribution in [0.3, 0.4) is 0 Å². The second kappa shape index (κ2) is 7.57. The van der Waals surface area contributed by atoms with E-state index in [-0.39, 0.29) is 0 Å². The number of nitrogens with one attached hydrogen (secondary N) is 1. The summed E-state index contributed by atoms with van der Waals surface area (Å²) in [5, 5.41) is 3.25. The Labute approximate surface area is 118 Å². The summed E-state index contributed by atoms with van der Waals surface area (Å²) in [6, 6.07) is 0. The number of nitrogens with zero attached hydrogens (tertiary/aromatic N) is 2. The first kappa shape index (κ1) is 16.9. The van der Waals surface area contributed by atoms with Gasteiger partial charge in [0.1, 0.15) is 0 Å². The molecule has 6 heteroatoms. The highest BCUT2D eigenvalue weighted by Crippen LogP contribution is 2.15. The Bertz CT molecular complexity index is 337. The van der Waals surface area contributed by atoms with Crippen molar-refractivity contribution in [2.24, 2.45) is 11.8 Å². The molecule has 0 saturated carbocycles. The number of hydrogen-bond acceptors (Lipinski definition) is 3. The third-order valence-electron chi connectivity index (χ3n) is 3.09. The van der Waals surface area contributed by atoms with Crippen LogP contribution in [0.5, 0.6) is 0 Å². The molecule has 5 nitrogen and oxygen atoms in total. The summed E-state index contributed by atoms with van der Waals surface area (Å²) in [7, 11) is -3.31. The van der Waals surface area contributed by atoms with E-state index in [9.17, 15) is 8.42 Å². The Morgan fingerprint density at radius 1 is 1.05 bits per heavy atom. The molecule has 1 saturated heterocycles. The van der Waals surface area contributed by atoms with Crippen LogP contribution in [0.4, 0.5) is 0 Å². The SMILES string of the molecule is CC(C)CN(CC(C)C)S(=O)(=O)N1CCCNCC1. The zero-order valence-electron chi connectivity index (χ0n) is 12.7. The monoisotopic (exact) mass is 291 g/mol. The fraction of sp³-hybridized carbons (Fsp3) is 1.00. The van der Waals surface area contributed by atoms with Crippen molar-refractivity contribution in [1.82, 2.24) is 13.9 Å². The van der Waals surface area contributed by atoms with Gasteiger partial charge in [-0.1, -0.05) is 27.7 Å². The van der Waals surface area contributed by atoms with Crippen molar-refractivity contribution in [3.8, 4) is 0 Å².